The lowest BCUT2D eigenvalue weighted by Crippen LogP contribution is -2.39. The predicted octanol–water partition coefficient (Wildman–Crippen LogP) is 2.74. The van der Waals surface area contributed by atoms with Gasteiger partial charge in [-0.15, -0.1) is 24.0 Å². The summed E-state index contributed by atoms with van der Waals surface area (Å²) in [5, 5.41) is 6.18. The second-order valence-electron chi connectivity index (χ2n) is 5.46. The Labute approximate surface area is 163 Å². The number of guanidine groups is 1. The van der Waals surface area contributed by atoms with Crippen LogP contribution in [0.1, 0.15) is 25.3 Å². The van der Waals surface area contributed by atoms with Crippen molar-refractivity contribution in [2.75, 3.05) is 20.1 Å². The van der Waals surface area contributed by atoms with Crippen molar-refractivity contribution in [2.45, 2.75) is 32.4 Å². The highest BCUT2D eigenvalue weighted by Crippen LogP contribution is 2.18. The Morgan fingerprint density at radius 1 is 1.39 bits per heavy atom. The number of hydrogen-bond acceptors (Lipinski definition) is 2. The first-order chi connectivity index (χ1) is 10.6. The van der Waals surface area contributed by atoms with Gasteiger partial charge >= 0.3 is 0 Å². The quantitative estimate of drug-likeness (QED) is 0.363. The summed E-state index contributed by atoms with van der Waals surface area (Å²) in [4.78, 5) is 18.2. The van der Waals surface area contributed by atoms with Crippen LogP contribution in [0.3, 0.4) is 0 Å². The van der Waals surface area contributed by atoms with Gasteiger partial charge in [0, 0.05) is 30.7 Å². The van der Waals surface area contributed by atoms with Crippen LogP contribution in [-0.2, 0) is 11.3 Å². The summed E-state index contributed by atoms with van der Waals surface area (Å²) < 4.78 is 1.07. The average Bonchev–Trinajstić information content (AvgIpc) is 3.29. The van der Waals surface area contributed by atoms with Crippen LogP contribution in [-0.4, -0.2) is 42.9 Å². The van der Waals surface area contributed by atoms with Crippen molar-refractivity contribution in [2.24, 2.45) is 4.99 Å². The van der Waals surface area contributed by atoms with Gasteiger partial charge in [-0.3, -0.25) is 4.79 Å². The molecule has 1 saturated carbocycles. The Kier molecular flexibility index (Phi) is 8.90. The minimum Gasteiger partial charge on any atom is -0.357 e. The normalized spacial score (nSPS) is 14.0. The summed E-state index contributed by atoms with van der Waals surface area (Å²) in [6.45, 7) is 3.67. The maximum absolute atomic E-state index is 11.8. The zero-order chi connectivity index (χ0) is 15.9. The molecule has 1 fully saturated rings. The molecule has 1 aliphatic carbocycles. The van der Waals surface area contributed by atoms with Crippen LogP contribution in [0, 0.1) is 0 Å². The lowest BCUT2D eigenvalue weighted by Gasteiger charge is -2.22. The van der Waals surface area contributed by atoms with Gasteiger partial charge in [-0.25, -0.2) is 4.99 Å². The van der Waals surface area contributed by atoms with E-state index in [-0.39, 0.29) is 36.4 Å². The third kappa shape index (κ3) is 7.07. The second-order valence-corrected chi connectivity index (χ2v) is 6.31. The van der Waals surface area contributed by atoms with Gasteiger partial charge in [-0.05, 0) is 31.4 Å². The Bertz CT molecular complexity index is 549. The molecule has 0 aromatic heterocycles. The van der Waals surface area contributed by atoms with E-state index in [1.807, 2.05) is 37.1 Å². The van der Waals surface area contributed by atoms with Crippen molar-refractivity contribution in [1.29, 1.82) is 0 Å². The summed E-state index contributed by atoms with van der Waals surface area (Å²) in [7, 11) is 1.97. The van der Waals surface area contributed by atoms with Crippen LogP contribution in [0.4, 0.5) is 0 Å². The Hall–Kier alpha value is -0.830. The first-order valence-electron chi connectivity index (χ1n) is 7.62. The van der Waals surface area contributed by atoms with Gasteiger partial charge in [0.2, 0.25) is 5.91 Å². The molecule has 23 heavy (non-hydrogen) atoms. The van der Waals surface area contributed by atoms with Crippen molar-refractivity contribution < 1.29 is 4.79 Å². The second kappa shape index (κ2) is 10.1. The molecule has 1 aliphatic rings. The summed E-state index contributed by atoms with van der Waals surface area (Å²) in [5.74, 6) is 0.733. The summed E-state index contributed by atoms with van der Waals surface area (Å²) in [5.41, 5.74) is 1.18. The predicted molar refractivity (Wildman–Crippen MR) is 108 cm³/mol. The number of halogens is 2. The number of benzene rings is 1. The number of carbonyl (C=O) groups excluding carboxylic acids is 1. The van der Waals surface area contributed by atoms with Crippen molar-refractivity contribution in [3.63, 3.8) is 0 Å². The molecule has 2 N–H and O–H groups in total. The van der Waals surface area contributed by atoms with Crippen molar-refractivity contribution in [1.82, 2.24) is 15.5 Å². The van der Waals surface area contributed by atoms with Crippen LogP contribution in [0.2, 0.25) is 0 Å². The van der Waals surface area contributed by atoms with E-state index in [1.165, 1.54) is 5.56 Å². The standard InChI is InChI=1S/C16H23BrN4O.HI/c1-3-18-16(19-10-15(22)20-13-8-9-13)21(2)11-12-6-4-5-7-14(12)17;/h4-7,13H,3,8-11H2,1-2H3,(H,18,19)(H,20,22);1H. The Balaban J connectivity index is 0.00000264. The molecule has 0 radical (unpaired) electrons. The molecule has 5 nitrogen and oxygen atoms in total. The van der Waals surface area contributed by atoms with E-state index in [2.05, 4.69) is 37.6 Å². The molecule has 128 valence electrons. The van der Waals surface area contributed by atoms with Crippen LogP contribution >= 0.6 is 39.9 Å². The van der Waals surface area contributed by atoms with Crippen LogP contribution in [0.15, 0.2) is 33.7 Å². The lowest BCUT2D eigenvalue weighted by atomic mass is 10.2. The summed E-state index contributed by atoms with van der Waals surface area (Å²) in [6, 6.07) is 8.49. The largest absolute Gasteiger partial charge is 0.357 e. The number of carbonyl (C=O) groups is 1. The molecule has 0 heterocycles. The number of hydrogen-bond donors (Lipinski definition) is 2. The lowest BCUT2D eigenvalue weighted by molar-refractivity contribution is -0.119. The Morgan fingerprint density at radius 2 is 2.09 bits per heavy atom. The maximum Gasteiger partial charge on any atom is 0.242 e. The van der Waals surface area contributed by atoms with E-state index in [1.54, 1.807) is 0 Å². The zero-order valence-corrected chi connectivity index (χ0v) is 17.4. The molecule has 0 unspecified atom stereocenters. The fourth-order valence-corrected chi connectivity index (χ4v) is 2.48. The highest BCUT2D eigenvalue weighted by molar-refractivity contribution is 14.0. The van der Waals surface area contributed by atoms with E-state index in [4.69, 9.17) is 0 Å². The molecular formula is C16H24BrIN4O. The molecule has 1 aromatic carbocycles. The first-order valence-corrected chi connectivity index (χ1v) is 8.41. The van der Waals surface area contributed by atoms with Crippen molar-refractivity contribution in [3.8, 4) is 0 Å². The average molecular weight is 495 g/mol. The third-order valence-electron chi connectivity index (χ3n) is 3.38. The maximum atomic E-state index is 11.8. The van der Waals surface area contributed by atoms with Crippen LogP contribution in [0.5, 0.6) is 0 Å². The van der Waals surface area contributed by atoms with Crippen molar-refractivity contribution >= 4 is 51.8 Å². The monoisotopic (exact) mass is 494 g/mol. The fraction of sp³-hybridized carbons (Fsp3) is 0.500. The molecule has 1 aromatic rings. The van der Waals surface area contributed by atoms with Gasteiger partial charge in [0.05, 0.1) is 0 Å². The number of nitrogens with zero attached hydrogens (tertiary/aromatic N) is 2. The first kappa shape index (κ1) is 20.2. The number of nitrogens with one attached hydrogen (secondary N) is 2. The minimum absolute atomic E-state index is 0. The van der Waals surface area contributed by atoms with Gasteiger partial charge in [0.1, 0.15) is 6.54 Å². The van der Waals surface area contributed by atoms with E-state index < -0.39 is 0 Å². The van der Waals surface area contributed by atoms with Crippen LogP contribution in [0.25, 0.3) is 0 Å². The Morgan fingerprint density at radius 3 is 2.70 bits per heavy atom. The molecule has 0 bridgehead atoms. The summed E-state index contributed by atoms with van der Waals surface area (Å²) >= 11 is 3.56. The molecular weight excluding hydrogens is 471 g/mol. The third-order valence-corrected chi connectivity index (χ3v) is 4.15. The zero-order valence-electron chi connectivity index (χ0n) is 13.5. The SMILES string of the molecule is CCNC(=NCC(=O)NC1CC1)N(C)Cc1ccccc1Br.I. The van der Waals surface area contributed by atoms with E-state index in [0.717, 1.165) is 36.4 Å². The smallest absolute Gasteiger partial charge is 0.242 e. The van der Waals surface area contributed by atoms with Gasteiger partial charge < -0.3 is 15.5 Å². The van der Waals surface area contributed by atoms with Gasteiger partial charge in [-0.1, -0.05) is 34.1 Å². The van der Waals surface area contributed by atoms with Gasteiger partial charge in [-0.2, -0.15) is 0 Å². The highest BCUT2D eigenvalue weighted by atomic mass is 127. The van der Waals surface area contributed by atoms with Gasteiger partial charge in [0.25, 0.3) is 0 Å². The molecule has 0 spiro atoms. The van der Waals surface area contributed by atoms with E-state index in [0.29, 0.717) is 6.04 Å². The van der Waals surface area contributed by atoms with E-state index >= 15 is 0 Å². The van der Waals surface area contributed by atoms with Gasteiger partial charge in [0.15, 0.2) is 5.96 Å². The molecule has 0 aliphatic heterocycles. The number of amides is 1. The minimum atomic E-state index is -0.00723. The fourth-order valence-electron chi connectivity index (χ4n) is 2.07. The molecule has 7 heteroatoms. The topological polar surface area (TPSA) is 56.7 Å². The molecule has 2 rings (SSSR count). The van der Waals surface area contributed by atoms with Crippen molar-refractivity contribution in [3.05, 3.63) is 34.3 Å². The van der Waals surface area contributed by atoms with Crippen LogP contribution < -0.4 is 10.6 Å². The molecule has 0 saturated heterocycles. The highest BCUT2D eigenvalue weighted by Gasteiger charge is 2.23. The van der Waals surface area contributed by atoms with E-state index in [9.17, 15) is 4.79 Å². The number of aliphatic imine (C=N–C) groups is 1. The number of rotatable bonds is 6. The summed E-state index contributed by atoms with van der Waals surface area (Å²) in [6.07, 6.45) is 2.19. The molecule has 0 atom stereocenters. The molecule has 1 amide bonds.